The summed E-state index contributed by atoms with van der Waals surface area (Å²) in [4.78, 5) is 18.1. The van der Waals surface area contributed by atoms with Crippen molar-refractivity contribution in [2.24, 2.45) is 5.92 Å². The van der Waals surface area contributed by atoms with Gasteiger partial charge in [-0.25, -0.2) is 0 Å². The maximum Gasteiger partial charge on any atom is 0.227 e. The number of carbonyl (C=O) groups excluding carboxylic acids is 1. The van der Waals surface area contributed by atoms with Crippen LogP contribution in [-0.2, 0) is 17.8 Å². The predicted octanol–water partition coefficient (Wildman–Crippen LogP) is 4.45. The number of nitrogens with zero attached hydrogens (tertiary/aromatic N) is 2. The SMILES string of the molecule is Cc1ccc(CN(C(=O)Cc2ccc(OC(C)C)cc2)[C@H]2C[C@@H]3C[C@H]2N(C)C3)cc1. The summed E-state index contributed by atoms with van der Waals surface area (Å²) in [5.74, 6) is 1.80. The van der Waals surface area contributed by atoms with Crippen molar-refractivity contribution in [3.8, 4) is 5.75 Å². The number of amides is 1. The summed E-state index contributed by atoms with van der Waals surface area (Å²) in [6.07, 6.45) is 2.94. The minimum atomic E-state index is 0.150. The Balaban J connectivity index is 1.51. The first-order valence-electron chi connectivity index (χ1n) is 11.2. The van der Waals surface area contributed by atoms with Gasteiger partial charge < -0.3 is 14.5 Å². The first-order chi connectivity index (χ1) is 14.4. The molecular formula is C26H34N2O2. The Morgan fingerprint density at radius 1 is 1.07 bits per heavy atom. The van der Waals surface area contributed by atoms with Gasteiger partial charge in [0.2, 0.25) is 5.91 Å². The molecule has 1 saturated carbocycles. The van der Waals surface area contributed by atoms with Crippen LogP contribution in [0.4, 0.5) is 0 Å². The summed E-state index contributed by atoms with van der Waals surface area (Å²) in [7, 11) is 2.21. The molecule has 2 aromatic carbocycles. The van der Waals surface area contributed by atoms with E-state index in [-0.39, 0.29) is 12.0 Å². The Labute approximate surface area is 180 Å². The Morgan fingerprint density at radius 2 is 1.73 bits per heavy atom. The summed E-state index contributed by atoms with van der Waals surface area (Å²) in [6, 6.07) is 17.4. The Bertz CT molecular complexity index is 860. The van der Waals surface area contributed by atoms with Crippen LogP contribution < -0.4 is 4.74 Å². The molecule has 1 saturated heterocycles. The van der Waals surface area contributed by atoms with Gasteiger partial charge in [0.15, 0.2) is 0 Å². The molecule has 0 spiro atoms. The lowest BCUT2D eigenvalue weighted by molar-refractivity contribution is -0.135. The molecule has 4 heteroatoms. The summed E-state index contributed by atoms with van der Waals surface area (Å²) in [6.45, 7) is 8.00. The topological polar surface area (TPSA) is 32.8 Å². The number of fused-ring (bicyclic) bond motifs is 2. The van der Waals surface area contributed by atoms with Crippen molar-refractivity contribution in [2.75, 3.05) is 13.6 Å². The lowest BCUT2D eigenvalue weighted by Crippen LogP contribution is -2.51. The van der Waals surface area contributed by atoms with Gasteiger partial charge in [-0.1, -0.05) is 42.0 Å². The molecule has 160 valence electrons. The van der Waals surface area contributed by atoms with Crippen LogP contribution in [0.5, 0.6) is 5.75 Å². The van der Waals surface area contributed by atoms with Gasteiger partial charge in [-0.2, -0.15) is 0 Å². The molecule has 0 radical (unpaired) electrons. The number of piperidine rings is 1. The fourth-order valence-corrected chi connectivity index (χ4v) is 5.11. The highest BCUT2D eigenvalue weighted by molar-refractivity contribution is 5.79. The van der Waals surface area contributed by atoms with E-state index < -0.39 is 0 Å². The van der Waals surface area contributed by atoms with Crippen LogP contribution >= 0.6 is 0 Å². The van der Waals surface area contributed by atoms with E-state index in [2.05, 4.69) is 48.0 Å². The summed E-state index contributed by atoms with van der Waals surface area (Å²) in [5.41, 5.74) is 3.50. The molecular weight excluding hydrogens is 372 g/mol. The molecule has 2 fully saturated rings. The minimum Gasteiger partial charge on any atom is -0.491 e. The molecule has 3 atom stereocenters. The maximum absolute atomic E-state index is 13.5. The number of aryl methyl sites for hydroxylation is 1. The number of likely N-dealkylation sites (N-methyl/N-ethyl adjacent to an activating group) is 1. The average molecular weight is 407 g/mol. The van der Waals surface area contributed by atoms with Crippen LogP contribution in [0, 0.1) is 12.8 Å². The fraction of sp³-hybridized carbons (Fsp3) is 0.500. The number of likely N-dealkylation sites (tertiary alicyclic amines) is 1. The zero-order valence-corrected chi connectivity index (χ0v) is 18.7. The van der Waals surface area contributed by atoms with Crippen LogP contribution in [0.25, 0.3) is 0 Å². The van der Waals surface area contributed by atoms with Crippen LogP contribution in [0.15, 0.2) is 48.5 Å². The van der Waals surface area contributed by atoms with Gasteiger partial charge >= 0.3 is 0 Å². The second-order valence-electron chi connectivity index (χ2n) is 9.41. The first kappa shape index (κ1) is 20.9. The van der Waals surface area contributed by atoms with Crippen LogP contribution in [0.2, 0.25) is 0 Å². The van der Waals surface area contributed by atoms with Gasteiger partial charge in [0.25, 0.3) is 0 Å². The van der Waals surface area contributed by atoms with Crippen molar-refractivity contribution in [3.63, 3.8) is 0 Å². The van der Waals surface area contributed by atoms with Crippen LogP contribution in [0.3, 0.4) is 0 Å². The van der Waals surface area contributed by atoms with Gasteiger partial charge in [-0.05, 0) is 69.8 Å². The predicted molar refractivity (Wildman–Crippen MR) is 121 cm³/mol. The maximum atomic E-state index is 13.5. The molecule has 4 rings (SSSR count). The zero-order valence-electron chi connectivity index (χ0n) is 18.7. The molecule has 1 aliphatic carbocycles. The fourth-order valence-electron chi connectivity index (χ4n) is 5.11. The molecule has 4 nitrogen and oxygen atoms in total. The zero-order chi connectivity index (χ0) is 21.3. The monoisotopic (exact) mass is 406 g/mol. The van der Waals surface area contributed by atoms with E-state index in [1.807, 2.05) is 38.1 Å². The van der Waals surface area contributed by atoms with Crippen molar-refractivity contribution in [1.29, 1.82) is 0 Å². The third-order valence-electron chi connectivity index (χ3n) is 6.55. The molecule has 30 heavy (non-hydrogen) atoms. The summed E-state index contributed by atoms with van der Waals surface area (Å²) >= 11 is 0. The Hall–Kier alpha value is -2.33. The van der Waals surface area contributed by atoms with Crippen molar-refractivity contribution in [1.82, 2.24) is 9.80 Å². The Morgan fingerprint density at radius 3 is 2.33 bits per heavy atom. The number of hydrogen-bond acceptors (Lipinski definition) is 3. The molecule has 0 unspecified atom stereocenters. The van der Waals surface area contributed by atoms with E-state index in [4.69, 9.17) is 4.74 Å². The number of ether oxygens (including phenoxy) is 1. The van der Waals surface area contributed by atoms with Crippen LogP contribution in [0.1, 0.15) is 43.4 Å². The van der Waals surface area contributed by atoms with Crippen molar-refractivity contribution in [3.05, 3.63) is 65.2 Å². The molecule has 1 amide bonds. The van der Waals surface area contributed by atoms with E-state index in [9.17, 15) is 4.79 Å². The lowest BCUT2D eigenvalue weighted by Gasteiger charge is -2.39. The standard InChI is InChI=1S/C26H34N2O2/c1-18(2)30-23-11-9-20(10-12-23)15-26(29)28(17-21-7-5-19(3)6-8-21)25-14-22-13-24(25)27(4)16-22/h5-12,18,22,24-25H,13-17H2,1-4H3/t22-,24+,25-/m0/s1. The Kier molecular flexibility index (Phi) is 6.14. The first-order valence-corrected chi connectivity index (χ1v) is 11.2. The second kappa shape index (κ2) is 8.81. The highest BCUT2D eigenvalue weighted by atomic mass is 16.5. The van der Waals surface area contributed by atoms with E-state index in [1.54, 1.807) is 0 Å². The van der Waals surface area contributed by atoms with Crippen molar-refractivity contribution in [2.45, 2.75) is 64.8 Å². The molecule has 1 aliphatic heterocycles. The lowest BCUT2D eigenvalue weighted by atomic mass is 10.0. The number of hydrogen-bond donors (Lipinski definition) is 0. The van der Waals surface area contributed by atoms with Gasteiger partial charge in [0, 0.05) is 25.2 Å². The smallest absolute Gasteiger partial charge is 0.227 e. The molecule has 0 aromatic heterocycles. The highest BCUT2D eigenvalue weighted by Gasteiger charge is 2.46. The highest BCUT2D eigenvalue weighted by Crippen LogP contribution is 2.40. The van der Waals surface area contributed by atoms with Gasteiger partial charge in [-0.15, -0.1) is 0 Å². The third-order valence-corrected chi connectivity index (χ3v) is 6.55. The van der Waals surface area contributed by atoms with E-state index in [0.717, 1.165) is 23.7 Å². The average Bonchev–Trinajstić information content (AvgIpc) is 3.28. The van der Waals surface area contributed by atoms with Crippen LogP contribution in [-0.4, -0.2) is 47.5 Å². The number of rotatable bonds is 7. The van der Waals surface area contributed by atoms with Crippen molar-refractivity contribution < 1.29 is 9.53 Å². The number of carbonyl (C=O) groups is 1. The quantitative estimate of drug-likeness (QED) is 0.681. The van der Waals surface area contributed by atoms with E-state index in [1.165, 1.54) is 24.1 Å². The number of benzene rings is 2. The van der Waals surface area contributed by atoms with Crippen molar-refractivity contribution >= 4 is 5.91 Å². The normalized spacial score (nSPS) is 23.2. The van der Waals surface area contributed by atoms with Gasteiger partial charge in [0.1, 0.15) is 5.75 Å². The molecule has 0 N–H and O–H groups in total. The van der Waals surface area contributed by atoms with E-state index >= 15 is 0 Å². The second-order valence-corrected chi connectivity index (χ2v) is 9.41. The molecule has 2 aromatic rings. The summed E-state index contributed by atoms with van der Waals surface area (Å²) < 4.78 is 5.74. The molecule has 1 heterocycles. The summed E-state index contributed by atoms with van der Waals surface area (Å²) in [5, 5.41) is 0. The van der Waals surface area contributed by atoms with E-state index in [0.29, 0.717) is 25.0 Å². The van der Waals surface area contributed by atoms with Gasteiger partial charge in [0.05, 0.1) is 12.5 Å². The third kappa shape index (κ3) is 4.70. The van der Waals surface area contributed by atoms with Gasteiger partial charge in [-0.3, -0.25) is 4.79 Å². The minimum absolute atomic E-state index is 0.150. The molecule has 2 aliphatic rings. The largest absolute Gasteiger partial charge is 0.491 e. The molecule has 2 bridgehead atoms.